The number of benzene rings is 1. The Kier molecular flexibility index (Phi) is 4.53. The second-order valence-electron chi connectivity index (χ2n) is 3.14. The molecule has 0 unspecified atom stereocenters. The summed E-state index contributed by atoms with van der Waals surface area (Å²) in [6, 6.07) is 7.85. The van der Waals surface area contributed by atoms with Crippen molar-refractivity contribution in [2.75, 3.05) is 5.75 Å². The van der Waals surface area contributed by atoms with E-state index in [4.69, 9.17) is 11.1 Å². The van der Waals surface area contributed by atoms with Gasteiger partial charge in [0.1, 0.15) is 5.84 Å². The van der Waals surface area contributed by atoms with Gasteiger partial charge in [0.05, 0.1) is 0 Å². The van der Waals surface area contributed by atoms with Gasteiger partial charge in [0.2, 0.25) is 0 Å². The Balaban J connectivity index is 2.51. The molecule has 1 aromatic rings. The first-order valence-corrected chi connectivity index (χ1v) is 5.80. The Labute approximate surface area is 89.4 Å². The van der Waals surface area contributed by atoms with Crippen molar-refractivity contribution < 1.29 is 0 Å². The number of nitrogens with one attached hydrogen (secondary N) is 1. The summed E-state index contributed by atoms with van der Waals surface area (Å²) in [5.74, 6) is 1.30. The third kappa shape index (κ3) is 3.42. The van der Waals surface area contributed by atoms with Gasteiger partial charge in [-0.15, -0.1) is 11.8 Å². The van der Waals surface area contributed by atoms with Gasteiger partial charge in [-0.2, -0.15) is 0 Å². The summed E-state index contributed by atoms with van der Waals surface area (Å²) in [7, 11) is 0. The molecule has 0 aliphatic rings. The molecule has 3 heteroatoms. The van der Waals surface area contributed by atoms with Crippen LogP contribution in [-0.2, 0) is 0 Å². The number of hydrogen-bond acceptors (Lipinski definition) is 2. The topological polar surface area (TPSA) is 49.9 Å². The highest BCUT2D eigenvalue weighted by atomic mass is 32.2. The minimum atomic E-state index is 0.134. The zero-order valence-corrected chi connectivity index (χ0v) is 9.23. The number of amidine groups is 1. The summed E-state index contributed by atoms with van der Waals surface area (Å²) in [6.07, 6.45) is 2.48. The van der Waals surface area contributed by atoms with E-state index in [1.165, 1.54) is 17.7 Å². The molecule has 1 rings (SSSR count). The molecule has 76 valence electrons. The molecule has 0 atom stereocenters. The maximum atomic E-state index is 7.24. The van der Waals surface area contributed by atoms with Crippen molar-refractivity contribution in [2.24, 2.45) is 5.73 Å². The van der Waals surface area contributed by atoms with Crippen LogP contribution in [0.2, 0.25) is 0 Å². The highest BCUT2D eigenvalue weighted by Crippen LogP contribution is 2.19. The summed E-state index contributed by atoms with van der Waals surface area (Å²) in [4.78, 5) is 1.25. The molecule has 0 bridgehead atoms. The summed E-state index contributed by atoms with van der Waals surface area (Å²) in [5, 5.41) is 7.24. The predicted molar refractivity (Wildman–Crippen MR) is 63.1 cm³/mol. The Bertz CT molecular complexity index is 293. The Morgan fingerprint density at radius 3 is 2.50 bits per heavy atom. The van der Waals surface area contributed by atoms with Gasteiger partial charge in [-0.3, -0.25) is 5.41 Å². The maximum Gasteiger partial charge on any atom is 0.122 e. The van der Waals surface area contributed by atoms with Crippen molar-refractivity contribution in [3.05, 3.63) is 29.8 Å². The fourth-order valence-electron chi connectivity index (χ4n) is 1.07. The molecule has 0 saturated carbocycles. The first-order chi connectivity index (χ1) is 6.74. The molecule has 0 saturated heterocycles. The molecule has 0 fully saturated rings. The monoisotopic (exact) mass is 208 g/mol. The lowest BCUT2D eigenvalue weighted by Crippen LogP contribution is -2.10. The fourth-order valence-corrected chi connectivity index (χ4v) is 2.06. The highest BCUT2D eigenvalue weighted by molar-refractivity contribution is 7.99. The number of unbranched alkanes of at least 4 members (excludes halogenated alkanes) is 1. The van der Waals surface area contributed by atoms with E-state index in [1.54, 1.807) is 0 Å². The molecule has 0 aliphatic carbocycles. The van der Waals surface area contributed by atoms with Crippen molar-refractivity contribution in [1.29, 1.82) is 5.41 Å². The van der Waals surface area contributed by atoms with Gasteiger partial charge < -0.3 is 5.73 Å². The van der Waals surface area contributed by atoms with E-state index in [-0.39, 0.29) is 5.84 Å². The molecule has 1 aromatic carbocycles. The summed E-state index contributed by atoms with van der Waals surface area (Å²) >= 11 is 1.85. The fraction of sp³-hybridized carbons (Fsp3) is 0.364. The molecular weight excluding hydrogens is 192 g/mol. The summed E-state index contributed by atoms with van der Waals surface area (Å²) in [6.45, 7) is 2.19. The van der Waals surface area contributed by atoms with Crippen LogP contribution in [0.3, 0.4) is 0 Å². The molecule has 0 aliphatic heterocycles. The third-order valence-corrected chi connectivity index (χ3v) is 3.03. The van der Waals surface area contributed by atoms with Crippen LogP contribution in [0.4, 0.5) is 0 Å². The summed E-state index contributed by atoms with van der Waals surface area (Å²) < 4.78 is 0. The summed E-state index contributed by atoms with van der Waals surface area (Å²) in [5.41, 5.74) is 6.16. The smallest absolute Gasteiger partial charge is 0.122 e. The zero-order valence-electron chi connectivity index (χ0n) is 8.42. The Hall–Kier alpha value is -0.960. The molecule has 0 amide bonds. The average molecular weight is 208 g/mol. The van der Waals surface area contributed by atoms with Crippen LogP contribution >= 0.6 is 11.8 Å². The third-order valence-electron chi connectivity index (χ3n) is 1.93. The van der Waals surface area contributed by atoms with Gasteiger partial charge >= 0.3 is 0 Å². The van der Waals surface area contributed by atoms with Crippen molar-refractivity contribution in [2.45, 2.75) is 24.7 Å². The molecular formula is C11H16N2S. The van der Waals surface area contributed by atoms with Crippen molar-refractivity contribution in [3.8, 4) is 0 Å². The van der Waals surface area contributed by atoms with Crippen molar-refractivity contribution in [3.63, 3.8) is 0 Å². The van der Waals surface area contributed by atoms with Gasteiger partial charge in [0.25, 0.3) is 0 Å². The SMILES string of the molecule is CCCCSc1ccc(C(=N)N)cc1. The average Bonchev–Trinajstić information content (AvgIpc) is 2.19. The highest BCUT2D eigenvalue weighted by Gasteiger charge is 1.96. The first-order valence-electron chi connectivity index (χ1n) is 4.81. The predicted octanol–water partition coefficient (Wildman–Crippen LogP) is 2.86. The Morgan fingerprint density at radius 2 is 2.00 bits per heavy atom. The lowest BCUT2D eigenvalue weighted by Gasteiger charge is -2.02. The second-order valence-corrected chi connectivity index (χ2v) is 4.31. The minimum absolute atomic E-state index is 0.134. The second kappa shape index (κ2) is 5.70. The molecule has 3 N–H and O–H groups in total. The van der Waals surface area contributed by atoms with Crippen molar-refractivity contribution in [1.82, 2.24) is 0 Å². The van der Waals surface area contributed by atoms with Gasteiger partial charge in [0, 0.05) is 10.5 Å². The van der Waals surface area contributed by atoms with E-state index >= 15 is 0 Å². The van der Waals surface area contributed by atoms with E-state index in [9.17, 15) is 0 Å². The van der Waals surface area contributed by atoms with Gasteiger partial charge in [-0.05, 0) is 24.3 Å². The van der Waals surface area contributed by atoms with E-state index in [2.05, 4.69) is 6.92 Å². The minimum Gasteiger partial charge on any atom is -0.384 e. The number of thioether (sulfide) groups is 1. The molecule has 0 aromatic heterocycles. The van der Waals surface area contributed by atoms with E-state index < -0.39 is 0 Å². The van der Waals surface area contributed by atoms with E-state index in [0.29, 0.717) is 0 Å². The molecule has 0 spiro atoms. The molecule has 14 heavy (non-hydrogen) atoms. The van der Waals surface area contributed by atoms with Crippen LogP contribution < -0.4 is 5.73 Å². The van der Waals surface area contributed by atoms with Crippen LogP contribution in [0.15, 0.2) is 29.2 Å². The molecule has 2 nitrogen and oxygen atoms in total. The molecule has 0 radical (unpaired) electrons. The standard InChI is InChI=1S/C11H16N2S/c1-2-3-8-14-10-6-4-9(5-7-10)11(12)13/h4-7H,2-3,8H2,1H3,(H3,12,13). The van der Waals surface area contributed by atoms with E-state index in [0.717, 1.165) is 11.3 Å². The van der Waals surface area contributed by atoms with Gasteiger partial charge in [-0.1, -0.05) is 25.5 Å². The van der Waals surface area contributed by atoms with Crippen LogP contribution in [0.1, 0.15) is 25.3 Å². The van der Waals surface area contributed by atoms with Gasteiger partial charge in [-0.25, -0.2) is 0 Å². The van der Waals surface area contributed by atoms with Crippen LogP contribution in [0.5, 0.6) is 0 Å². The number of hydrogen-bond donors (Lipinski definition) is 2. The lowest BCUT2D eigenvalue weighted by molar-refractivity contribution is 0.896. The molecule has 0 heterocycles. The largest absolute Gasteiger partial charge is 0.384 e. The first kappa shape index (κ1) is 11.1. The van der Waals surface area contributed by atoms with Crippen LogP contribution in [0.25, 0.3) is 0 Å². The van der Waals surface area contributed by atoms with Gasteiger partial charge in [0.15, 0.2) is 0 Å². The Morgan fingerprint density at radius 1 is 1.36 bits per heavy atom. The number of rotatable bonds is 5. The van der Waals surface area contributed by atoms with Crippen LogP contribution in [0, 0.1) is 5.41 Å². The number of nitrogens with two attached hydrogens (primary N) is 1. The van der Waals surface area contributed by atoms with Crippen LogP contribution in [-0.4, -0.2) is 11.6 Å². The maximum absolute atomic E-state index is 7.24. The quantitative estimate of drug-likeness (QED) is 0.338. The normalized spacial score (nSPS) is 10.1. The zero-order chi connectivity index (χ0) is 10.4. The van der Waals surface area contributed by atoms with Crippen molar-refractivity contribution >= 4 is 17.6 Å². The lowest BCUT2D eigenvalue weighted by atomic mass is 10.2. The van der Waals surface area contributed by atoms with E-state index in [1.807, 2.05) is 36.0 Å². The number of nitrogen functional groups attached to an aromatic ring is 1.